The van der Waals surface area contributed by atoms with Gasteiger partial charge in [-0.25, -0.2) is 8.42 Å². The van der Waals surface area contributed by atoms with Crippen molar-refractivity contribution < 1.29 is 21.6 Å². The molecule has 164 valence electrons. The largest absolute Gasteiger partial charge is 0.418 e. The van der Waals surface area contributed by atoms with Gasteiger partial charge in [-0.1, -0.05) is 41.9 Å². The Morgan fingerprint density at radius 3 is 2.45 bits per heavy atom. The monoisotopic (exact) mass is 468 g/mol. The summed E-state index contributed by atoms with van der Waals surface area (Å²) < 4.78 is 68.1. The van der Waals surface area contributed by atoms with Crippen LogP contribution < -0.4 is 4.90 Å². The zero-order valence-corrected chi connectivity index (χ0v) is 18.2. The molecule has 0 unspecified atom stereocenters. The highest BCUT2D eigenvalue weighted by atomic mass is 35.5. The topological polar surface area (TPSA) is 40.6 Å². The number of benzene rings is 3. The van der Waals surface area contributed by atoms with Gasteiger partial charge in [0.1, 0.15) is 0 Å². The Bertz CT molecular complexity index is 1230. The molecule has 1 aliphatic heterocycles. The summed E-state index contributed by atoms with van der Waals surface area (Å²) in [7, 11) is -3.82. The second-order valence-electron chi connectivity index (χ2n) is 7.55. The molecule has 0 radical (unpaired) electrons. The molecule has 31 heavy (non-hydrogen) atoms. The Labute approximate surface area is 183 Å². The molecule has 3 aromatic carbocycles. The number of sulfonamides is 1. The molecule has 0 aliphatic carbocycles. The minimum atomic E-state index is -4.48. The maximum atomic E-state index is 13.4. The number of anilines is 1. The molecule has 9 heteroatoms. The molecule has 4 nitrogen and oxygen atoms in total. The van der Waals surface area contributed by atoms with Crippen LogP contribution >= 0.6 is 11.6 Å². The zero-order valence-electron chi connectivity index (χ0n) is 16.6. The van der Waals surface area contributed by atoms with Crippen molar-refractivity contribution in [3.8, 4) is 0 Å². The van der Waals surface area contributed by atoms with E-state index in [9.17, 15) is 21.6 Å². The number of para-hydroxylation sites is 1. The van der Waals surface area contributed by atoms with Crippen LogP contribution in [-0.2, 0) is 16.2 Å². The summed E-state index contributed by atoms with van der Waals surface area (Å²) in [6.45, 7) is 2.11. The van der Waals surface area contributed by atoms with Crippen molar-refractivity contribution >= 4 is 38.1 Å². The van der Waals surface area contributed by atoms with Gasteiger partial charge in [0.2, 0.25) is 10.0 Å². The van der Waals surface area contributed by atoms with Crippen molar-refractivity contribution in [2.75, 3.05) is 24.5 Å². The first-order valence-electron chi connectivity index (χ1n) is 9.70. The van der Waals surface area contributed by atoms with Gasteiger partial charge in [-0.2, -0.15) is 17.5 Å². The molecule has 1 atom stereocenters. The van der Waals surface area contributed by atoms with E-state index in [0.717, 1.165) is 11.5 Å². The molecule has 3 aromatic rings. The van der Waals surface area contributed by atoms with E-state index in [-0.39, 0.29) is 30.2 Å². The number of fused-ring (bicyclic) bond motifs is 1. The normalized spacial score (nSPS) is 18.5. The lowest BCUT2D eigenvalue weighted by Gasteiger charge is -2.40. The molecular weight excluding hydrogens is 449 g/mol. The number of hydrogen-bond donors (Lipinski definition) is 0. The van der Waals surface area contributed by atoms with Crippen LogP contribution in [0.4, 0.5) is 18.9 Å². The first kappa shape index (κ1) is 21.9. The molecule has 4 rings (SSSR count). The molecule has 1 aliphatic rings. The summed E-state index contributed by atoms with van der Waals surface area (Å²) in [5, 5.41) is 2.00. The average molecular weight is 469 g/mol. The van der Waals surface area contributed by atoms with E-state index in [1.165, 1.54) is 22.5 Å². The fraction of sp³-hybridized carbons (Fsp3) is 0.273. The maximum Gasteiger partial charge on any atom is 0.418 e. The second kappa shape index (κ2) is 8.00. The standard InChI is InChI=1S/C22H20ClF3N2O2S/c1-15-14-27(21-8-3-2-6-19(21)22(24,25)26)11-12-28(15)31(29,30)17-9-10-18-16(13-17)5-4-7-20(18)23/h2-10,13,15H,11-12,14H2,1H3/t15-/m1/s1. The van der Waals surface area contributed by atoms with Crippen molar-refractivity contribution in [1.82, 2.24) is 4.31 Å². The van der Waals surface area contributed by atoms with Gasteiger partial charge in [-0.15, -0.1) is 0 Å². The molecule has 0 amide bonds. The third-order valence-electron chi connectivity index (χ3n) is 5.52. The molecule has 0 bridgehead atoms. The van der Waals surface area contributed by atoms with Crippen molar-refractivity contribution in [2.45, 2.75) is 24.0 Å². The Kier molecular flexibility index (Phi) is 5.66. The Morgan fingerprint density at radius 1 is 1.00 bits per heavy atom. The fourth-order valence-electron chi connectivity index (χ4n) is 4.02. The maximum absolute atomic E-state index is 13.4. The Balaban J connectivity index is 1.61. The second-order valence-corrected chi connectivity index (χ2v) is 9.85. The third-order valence-corrected chi connectivity index (χ3v) is 7.86. The van der Waals surface area contributed by atoms with E-state index in [4.69, 9.17) is 11.6 Å². The predicted molar refractivity (Wildman–Crippen MR) is 116 cm³/mol. The first-order chi connectivity index (χ1) is 14.6. The number of halogens is 4. The number of piperazine rings is 1. The highest BCUT2D eigenvalue weighted by molar-refractivity contribution is 7.89. The van der Waals surface area contributed by atoms with Crippen LogP contribution in [0.1, 0.15) is 12.5 Å². The fourth-order valence-corrected chi connectivity index (χ4v) is 5.92. The summed E-state index contributed by atoms with van der Waals surface area (Å²) in [5.41, 5.74) is -0.649. The zero-order chi connectivity index (χ0) is 22.4. The average Bonchev–Trinajstić information content (AvgIpc) is 2.73. The summed E-state index contributed by atoms with van der Waals surface area (Å²) in [6.07, 6.45) is -4.48. The van der Waals surface area contributed by atoms with Gasteiger partial charge in [-0.3, -0.25) is 0 Å². The number of hydrogen-bond acceptors (Lipinski definition) is 3. The third kappa shape index (κ3) is 4.12. The van der Waals surface area contributed by atoms with Crippen LogP contribution in [0.3, 0.4) is 0 Å². The van der Waals surface area contributed by atoms with Gasteiger partial charge in [0.25, 0.3) is 0 Å². The van der Waals surface area contributed by atoms with Gasteiger partial charge < -0.3 is 4.90 Å². The van der Waals surface area contributed by atoms with Crippen LogP contribution in [-0.4, -0.2) is 38.4 Å². The Morgan fingerprint density at radius 2 is 1.74 bits per heavy atom. The van der Waals surface area contributed by atoms with Gasteiger partial charge >= 0.3 is 6.18 Å². The van der Waals surface area contributed by atoms with E-state index >= 15 is 0 Å². The van der Waals surface area contributed by atoms with Crippen LogP contribution in [0, 0.1) is 0 Å². The van der Waals surface area contributed by atoms with E-state index in [1.807, 2.05) is 0 Å². The minimum Gasteiger partial charge on any atom is -0.368 e. The predicted octanol–water partition coefficient (Wildman–Crippen LogP) is 5.41. The summed E-state index contributed by atoms with van der Waals surface area (Å²) in [5.74, 6) is 0. The summed E-state index contributed by atoms with van der Waals surface area (Å²) in [4.78, 5) is 1.73. The number of rotatable bonds is 3. The van der Waals surface area contributed by atoms with Crippen molar-refractivity contribution in [3.05, 3.63) is 71.2 Å². The van der Waals surface area contributed by atoms with Crippen molar-refractivity contribution in [1.29, 1.82) is 0 Å². The number of alkyl halides is 3. The first-order valence-corrected chi connectivity index (χ1v) is 11.5. The lowest BCUT2D eigenvalue weighted by Crippen LogP contribution is -2.54. The molecule has 0 spiro atoms. The smallest absolute Gasteiger partial charge is 0.368 e. The molecule has 1 fully saturated rings. The highest BCUT2D eigenvalue weighted by Crippen LogP contribution is 2.37. The lowest BCUT2D eigenvalue weighted by atomic mass is 10.1. The van der Waals surface area contributed by atoms with Crippen LogP contribution in [0.2, 0.25) is 5.02 Å². The van der Waals surface area contributed by atoms with E-state index in [1.54, 1.807) is 48.2 Å². The Hall–Kier alpha value is -2.29. The van der Waals surface area contributed by atoms with Crippen LogP contribution in [0.15, 0.2) is 65.6 Å². The van der Waals surface area contributed by atoms with Gasteiger partial charge in [0.05, 0.1) is 10.5 Å². The molecule has 1 heterocycles. The molecule has 0 N–H and O–H groups in total. The van der Waals surface area contributed by atoms with Crippen molar-refractivity contribution in [2.24, 2.45) is 0 Å². The quantitative estimate of drug-likeness (QED) is 0.516. The molecular formula is C22H20ClF3N2O2S. The van der Waals surface area contributed by atoms with E-state index < -0.39 is 27.8 Å². The molecule has 0 aromatic heterocycles. The van der Waals surface area contributed by atoms with E-state index in [2.05, 4.69) is 0 Å². The summed E-state index contributed by atoms with van der Waals surface area (Å²) in [6, 6.07) is 14.9. The van der Waals surface area contributed by atoms with Gasteiger partial charge in [0, 0.05) is 41.8 Å². The van der Waals surface area contributed by atoms with Crippen molar-refractivity contribution in [3.63, 3.8) is 0 Å². The van der Waals surface area contributed by atoms with Gasteiger partial charge in [-0.05, 0) is 42.6 Å². The number of nitrogens with zero attached hydrogens (tertiary/aromatic N) is 2. The summed E-state index contributed by atoms with van der Waals surface area (Å²) >= 11 is 6.17. The van der Waals surface area contributed by atoms with E-state index in [0.29, 0.717) is 10.4 Å². The van der Waals surface area contributed by atoms with Crippen LogP contribution in [0.25, 0.3) is 10.8 Å². The molecule has 1 saturated heterocycles. The minimum absolute atomic E-state index is 0.0687. The van der Waals surface area contributed by atoms with Gasteiger partial charge in [0.15, 0.2) is 0 Å². The lowest BCUT2D eigenvalue weighted by molar-refractivity contribution is -0.137. The highest BCUT2D eigenvalue weighted by Gasteiger charge is 2.38. The molecule has 0 saturated carbocycles. The SMILES string of the molecule is C[C@@H]1CN(c2ccccc2C(F)(F)F)CCN1S(=O)(=O)c1ccc2c(Cl)cccc2c1. The van der Waals surface area contributed by atoms with Crippen LogP contribution in [0.5, 0.6) is 0 Å².